The van der Waals surface area contributed by atoms with Gasteiger partial charge in [-0.15, -0.1) is 0 Å². The minimum atomic E-state index is 0.0834. The molecule has 1 atom stereocenters. The van der Waals surface area contributed by atoms with E-state index in [-0.39, 0.29) is 5.54 Å². The van der Waals surface area contributed by atoms with E-state index in [1.54, 1.807) is 0 Å². The molecule has 4 heteroatoms. The topological polar surface area (TPSA) is 53.1 Å². The van der Waals surface area contributed by atoms with Crippen LogP contribution in [0.3, 0.4) is 0 Å². The molecule has 1 saturated carbocycles. The molecule has 2 heterocycles. The highest BCUT2D eigenvalue weighted by Crippen LogP contribution is 2.35. The molecule has 0 bridgehead atoms. The second-order valence-corrected chi connectivity index (χ2v) is 4.89. The zero-order valence-electron chi connectivity index (χ0n) is 8.85. The van der Waals surface area contributed by atoms with E-state index in [9.17, 15) is 0 Å². The molecule has 2 fully saturated rings. The lowest BCUT2D eigenvalue weighted by atomic mass is 10.1. The normalized spacial score (nSPS) is 28.2. The van der Waals surface area contributed by atoms with E-state index in [1.807, 2.05) is 10.9 Å². The predicted molar refractivity (Wildman–Crippen MR) is 56.6 cm³/mol. The summed E-state index contributed by atoms with van der Waals surface area (Å²) in [4.78, 5) is 0. The Morgan fingerprint density at radius 2 is 2.47 bits per heavy atom. The lowest BCUT2D eigenvalue weighted by molar-refractivity contribution is 0.184. The van der Waals surface area contributed by atoms with Crippen LogP contribution >= 0.6 is 0 Å². The van der Waals surface area contributed by atoms with Gasteiger partial charge < -0.3 is 10.5 Å². The fourth-order valence-corrected chi connectivity index (χ4v) is 2.14. The Hall–Kier alpha value is -0.870. The number of aromatic nitrogens is 2. The first-order chi connectivity index (χ1) is 7.25. The number of nitrogens with zero attached hydrogens (tertiary/aromatic N) is 2. The van der Waals surface area contributed by atoms with Crippen LogP contribution in [0.15, 0.2) is 12.4 Å². The molecule has 2 N–H and O–H groups in total. The first-order valence-electron chi connectivity index (χ1n) is 5.65. The summed E-state index contributed by atoms with van der Waals surface area (Å²) in [6, 6.07) is 0.437. The lowest BCUT2D eigenvalue weighted by Crippen LogP contribution is -2.24. The van der Waals surface area contributed by atoms with Crippen LogP contribution in [0.2, 0.25) is 0 Å². The quantitative estimate of drug-likeness (QED) is 0.800. The molecule has 1 saturated heterocycles. The zero-order chi connectivity index (χ0) is 10.3. The zero-order valence-corrected chi connectivity index (χ0v) is 8.85. The third kappa shape index (κ3) is 1.92. The minimum Gasteiger partial charge on any atom is -0.379 e. The molecular formula is C11H17N3O. The van der Waals surface area contributed by atoms with Gasteiger partial charge in [-0.05, 0) is 31.2 Å². The number of rotatable bonds is 3. The van der Waals surface area contributed by atoms with Crippen LogP contribution in [0.1, 0.15) is 30.9 Å². The Bertz CT molecular complexity index is 350. The molecule has 0 radical (unpaired) electrons. The molecule has 0 spiro atoms. The van der Waals surface area contributed by atoms with Crippen LogP contribution in [0.4, 0.5) is 0 Å². The van der Waals surface area contributed by atoms with E-state index in [2.05, 4.69) is 11.3 Å². The van der Waals surface area contributed by atoms with E-state index >= 15 is 0 Å². The fourth-order valence-electron chi connectivity index (χ4n) is 2.14. The molecule has 1 aromatic heterocycles. The molecule has 0 amide bonds. The van der Waals surface area contributed by atoms with Gasteiger partial charge in [0.2, 0.25) is 0 Å². The third-order valence-electron chi connectivity index (χ3n) is 3.38. The highest BCUT2D eigenvalue weighted by molar-refractivity contribution is 5.15. The summed E-state index contributed by atoms with van der Waals surface area (Å²) in [6.45, 7) is 1.66. The van der Waals surface area contributed by atoms with E-state index in [0.29, 0.717) is 6.04 Å². The van der Waals surface area contributed by atoms with Gasteiger partial charge in [-0.1, -0.05) is 0 Å². The van der Waals surface area contributed by atoms with E-state index in [0.717, 1.165) is 38.9 Å². The van der Waals surface area contributed by atoms with Gasteiger partial charge in [-0.2, -0.15) is 5.10 Å². The number of hydrogen-bond donors (Lipinski definition) is 1. The van der Waals surface area contributed by atoms with Gasteiger partial charge in [0.05, 0.1) is 18.8 Å². The van der Waals surface area contributed by atoms with Gasteiger partial charge in [-0.25, -0.2) is 0 Å². The summed E-state index contributed by atoms with van der Waals surface area (Å²) in [5.41, 5.74) is 7.43. The van der Waals surface area contributed by atoms with Crippen LogP contribution in [-0.4, -0.2) is 28.5 Å². The van der Waals surface area contributed by atoms with Crippen LogP contribution in [0.25, 0.3) is 0 Å². The van der Waals surface area contributed by atoms with Crippen molar-refractivity contribution in [2.24, 2.45) is 5.73 Å². The molecule has 1 unspecified atom stereocenters. The van der Waals surface area contributed by atoms with Gasteiger partial charge in [0.1, 0.15) is 0 Å². The van der Waals surface area contributed by atoms with Crippen molar-refractivity contribution in [3.05, 3.63) is 18.0 Å². The maximum Gasteiger partial charge on any atom is 0.0774 e. The summed E-state index contributed by atoms with van der Waals surface area (Å²) in [7, 11) is 0. The van der Waals surface area contributed by atoms with Crippen molar-refractivity contribution >= 4 is 0 Å². The van der Waals surface area contributed by atoms with Gasteiger partial charge >= 0.3 is 0 Å². The summed E-state index contributed by atoms with van der Waals surface area (Å²) < 4.78 is 7.38. The molecule has 4 nitrogen and oxygen atoms in total. The van der Waals surface area contributed by atoms with Crippen molar-refractivity contribution in [2.45, 2.75) is 37.3 Å². The van der Waals surface area contributed by atoms with Crippen molar-refractivity contribution in [3.8, 4) is 0 Å². The summed E-state index contributed by atoms with van der Waals surface area (Å²) >= 11 is 0. The van der Waals surface area contributed by atoms with Gasteiger partial charge in [0.25, 0.3) is 0 Å². The van der Waals surface area contributed by atoms with E-state index < -0.39 is 0 Å². The van der Waals surface area contributed by atoms with Gasteiger partial charge in [0.15, 0.2) is 0 Å². The second kappa shape index (κ2) is 3.32. The molecule has 1 aliphatic carbocycles. The summed E-state index contributed by atoms with van der Waals surface area (Å²) in [5.74, 6) is 0. The Morgan fingerprint density at radius 1 is 1.60 bits per heavy atom. The molecule has 1 aliphatic heterocycles. The van der Waals surface area contributed by atoms with Crippen molar-refractivity contribution in [1.29, 1.82) is 0 Å². The Kier molecular flexibility index (Phi) is 2.07. The Morgan fingerprint density at radius 3 is 3.13 bits per heavy atom. The third-order valence-corrected chi connectivity index (χ3v) is 3.38. The largest absolute Gasteiger partial charge is 0.379 e. The lowest BCUT2D eigenvalue weighted by Gasteiger charge is -2.07. The first kappa shape index (κ1) is 9.36. The second-order valence-electron chi connectivity index (χ2n) is 4.89. The molecule has 0 aromatic carbocycles. The van der Waals surface area contributed by atoms with Crippen LogP contribution < -0.4 is 5.73 Å². The maximum absolute atomic E-state index is 6.08. The Labute approximate surface area is 89.4 Å². The van der Waals surface area contributed by atoms with Crippen LogP contribution in [0, 0.1) is 0 Å². The molecule has 2 aliphatic rings. The van der Waals surface area contributed by atoms with E-state index in [4.69, 9.17) is 10.5 Å². The van der Waals surface area contributed by atoms with Gasteiger partial charge in [-0.3, -0.25) is 4.68 Å². The Balaban J connectivity index is 1.69. The maximum atomic E-state index is 6.08. The molecule has 1 aromatic rings. The molecule has 15 heavy (non-hydrogen) atoms. The SMILES string of the molecule is NC1(Cc2cnn(C3CCOC3)c2)CC1. The van der Waals surface area contributed by atoms with Crippen molar-refractivity contribution < 1.29 is 4.74 Å². The molecule has 82 valence electrons. The number of ether oxygens (including phenoxy) is 1. The first-order valence-corrected chi connectivity index (χ1v) is 5.65. The van der Waals surface area contributed by atoms with Crippen molar-refractivity contribution in [1.82, 2.24) is 9.78 Å². The van der Waals surface area contributed by atoms with Gasteiger partial charge in [0, 0.05) is 18.3 Å². The van der Waals surface area contributed by atoms with E-state index in [1.165, 1.54) is 5.56 Å². The standard InChI is InChI=1S/C11H17N3O/c12-11(2-3-11)5-9-6-13-14(7-9)10-1-4-15-8-10/h6-7,10H,1-5,8,12H2. The number of nitrogens with two attached hydrogens (primary N) is 1. The molecular weight excluding hydrogens is 190 g/mol. The minimum absolute atomic E-state index is 0.0834. The predicted octanol–water partition coefficient (Wildman–Crippen LogP) is 0.878. The fraction of sp³-hybridized carbons (Fsp3) is 0.727. The van der Waals surface area contributed by atoms with Crippen LogP contribution in [-0.2, 0) is 11.2 Å². The van der Waals surface area contributed by atoms with Crippen molar-refractivity contribution in [2.75, 3.05) is 13.2 Å². The highest BCUT2D eigenvalue weighted by Gasteiger charge is 2.38. The van der Waals surface area contributed by atoms with Crippen LogP contribution in [0.5, 0.6) is 0 Å². The highest BCUT2D eigenvalue weighted by atomic mass is 16.5. The number of hydrogen-bond acceptors (Lipinski definition) is 3. The summed E-state index contributed by atoms with van der Waals surface area (Å²) in [6.07, 6.45) is 8.45. The average molecular weight is 207 g/mol. The smallest absolute Gasteiger partial charge is 0.0774 e. The summed E-state index contributed by atoms with van der Waals surface area (Å²) in [5, 5.41) is 4.39. The monoisotopic (exact) mass is 207 g/mol. The molecule has 3 rings (SSSR count). The average Bonchev–Trinajstić information content (AvgIpc) is 2.73. The van der Waals surface area contributed by atoms with Crippen molar-refractivity contribution in [3.63, 3.8) is 0 Å².